The summed E-state index contributed by atoms with van der Waals surface area (Å²) >= 11 is 0. The van der Waals surface area contributed by atoms with Crippen molar-refractivity contribution in [3.63, 3.8) is 0 Å². The first kappa shape index (κ1) is 11.9. The first-order valence-corrected chi connectivity index (χ1v) is 7.17. The van der Waals surface area contributed by atoms with Crippen LogP contribution >= 0.6 is 0 Å². The number of hydrogen-bond acceptors (Lipinski definition) is 4. The Hall–Kier alpha value is -1.56. The second-order valence-corrected chi connectivity index (χ2v) is 6.16. The third-order valence-corrected chi connectivity index (χ3v) is 3.76. The zero-order chi connectivity index (χ0) is 12.5. The maximum absolute atomic E-state index is 11.3. The van der Waals surface area contributed by atoms with E-state index in [0.717, 1.165) is 5.69 Å². The number of rotatable bonds is 3. The molecule has 1 fully saturated rings. The van der Waals surface area contributed by atoms with E-state index in [1.807, 2.05) is 0 Å². The summed E-state index contributed by atoms with van der Waals surface area (Å²) in [7, 11) is -3.15. The van der Waals surface area contributed by atoms with Gasteiger partial charge in [0.25, 0.3) is 0 Å². The van der Waals surface area contributed by atoms with Crippen molar-refractivity contribution in [1.29, 1.82) is 0 Å². The van der Waals surface area contributed by atoms with Crippen LogP contribution in [-0.4, -0.2) is 33.2 Å². The Labute approximate surface area is 100 Å². The van der Waals surface area contributed by atoms with E-state index < -0.39 is 9.84 Å². The predicted molar refractivity (Wildman–Crippen MR) is 64.6 cm³/mol. The Balaban J connectivity index is 2.06. The zero-order valence-corrected chi connectivity index (χ0v) is 10.3. The van der Waals surface area contributed by atoms with E-state index in [2.05, 4.69) is 10.6 Å². The van der Waals surface area contributed by atoms with E-state index in [-0.39, 0.29) is 11.9 Å². The van der Waals surface area contributed by atoms with Crippen LogP contribution in [0.4, 0.5) is 5.69 Å². The van der Waals surface area contributed by atoms with Crippen LogP contribution in [0.25, 0.3) is 0 Å². The molecule has 1 aromatic rings. The van der Waals surface area contributed by atoms with Gasteiger partial charge in [-0.15, -0.1) is 0 Å². The van der Waals surface area contributed by atoms with Crippen LogP contribution in [0.5, 0.6) is 0 Å². The summed E-state index contributed by atoms with van der Waals surface area (Å²) in [5.41, 5.74) is 0.818. The van der Waals surface area contributed by atoms with Gasteiger partial charge in [0, 0.05) is 24.9 Å². The van der Waals surface area contributed by atoms with Crippen molar-refractivity contribution in [2.24, 2.45) is 0 Å². The van der Waals surface area contributed by atoms with Crippen LogP contribution in [0, 0.1) is 0 Å². The number of carbonyl (C=O) groups is 1. The molecule has 2 N–H and O–H groups in total. The minimum absolute atomic E-state index is 0.0373. The van der Waals surface area contributed by atoms with Crippen molar-refractivity contribution in [3.8, 4) is 0 Å². The minimum atomic E-state index is -3.15. The molecule has 1 unspecified atom stereocenters. The summed E-state index contributed by atoms with van der Waals surface area (Å²) in [4.78, 5) is 11.3. The van der Waals surface area contributed by atoms with Gasteiger partial charge in [-0.3, -0.25) is 4.79 Å². The van der Waals surface area contributed by atoms with Crippen molar-refractivity contribution < 1.29 is 13.2 Å². The molecule has 17 heavy (non-hydrogen) atoms. The molecule has 0 radical (unpaired) electrons. The molecule has 0 bridgehead atoms. The smallest absolute Gasteiger partial charge is 0.222 e. The Morgan fingerprint density at radius 1 is 1.29 bits per heavy atom. The highest BCUT2D eigenvalue weighted by molar-refractivity contribution is 7.90. The summed E-state index contributed by atoms with van der Waals surface area (Å²) in [5.74, 6) is 0.0373. The van der Waals surface area contributed by atoms with Gasteiger partial charge in [0.2, 0.25) is 5.91 Å². The molecule has 1 aliphatic heterocycles. The van der Waals surface area contributed by atoms with E-state index in [1.54, 1.807) is 24.3 Å². The lowest BCUT2D eigenvalue weighted by Gasteiger charge is -2.12. The molecule has 1 aliphatic rings. The number of carbonyl (C=O) groups excluding carboxylic acids is 1. The first-order chi connectivity index (χ1) is 7.95. The van der Waals surface area contributed by atoms with Gasteiger partial charge < -0.3 is 10.6 Å². The fraction of sp³-hybridized carbons (Fsp3) is 0.364. The Morgan fingerprint density at radius 3 is 2.41 bits per heavy atom. The molecule has 1 heterocycles. The van der Waals surface area contributed by atoms with Gasteiger partial charge in [-0.2, -0.15) is 0 Å². The molecule has 1 atom stereocenters. The van der Waals surface area contributed by atoms with E-state index in [9.17, 15) is 13.2 Å². The third kappa shape index (κ3) is 2.97. The average Bonchev–Trinajstić information content (AvgIpc) is 2.63. The van der Waals surface area contributed by atoms with Crippen LogP contribution < -0.4 is 10.6 Å². The number of nitrogens with one attached hydrogen (secondary N) is 2. The second-order valence-electron chi connectivity index (χ2n) is 4.15. The Bertz CT molecular complexity index is 522. The molecule has 0 aliphatic carbocycles. The lowest BCUT2D eigenvalue weighted by Crippen LogP contribution is -2.22. The van der Waals surface area contributed by atoms with Gasteiger partial charge in [0.15, 0.2) is 9.84 Å². The van der Waals surface area contributed by atoms with Gasteiger partial charge in [0.05, 0.1) is 10.9 Å². The predicted octanol–water partition coefficient (Wildman–Crippen LogP) is 0.390. The molecule has 92 valence electrons. The lowest BCUT2D eigenvalue weighted by molar-refractivity contribution is -0.119. The highest BCUT2D eigenvalue weighted by Crippen LogP contribution is 2.16. The van der Waals surface area contributed by atoms with Crippen LogP contribution in [0.15, 0.2) is 29.2 Å². The van der Waals surface area contributed by atoms with Gasteiger partial charge in [-0.25, -0.2) is 8.42 Å². The molecular formula is C11H14N2O3S. The molecule has 5 nitrogen and oxygen atoms in total. The number of amides is 1. The molecule has 1 aromatic carbocycles. The molecule has 1 amide bonds. The number of benzene rings is 1. The maximum atomic E-state index is 11.3. The first-order valence-electron chi connectivity index (χ1n) is 5.28. The highest BCUT2D eigenvalue weighted by Gasteiger charge is 2.20. The summed E-state index contributed by atoms with van der Waals surface area (Å²) in [5, 5.41) is 5.90. The van der Waals surface area contributed by atoms with Crippen LogP contribution in [0.3, 0.4) is 0 Å². The molecular weight excluding hydrogens is 240 g/mol. The molecule has 0 saturated carbocycles. The second kappa shape index (κ2) is 4.37. The van der Waals surface area contributed by atoms with Gasteiger partial charge in [-0.05, 0) is 24.3 Å². The SMILES string of the molecule is CS(=O)(=O)c1ccc(NC2CNC(=O)C2)cc1. The van der Waals surface area contributed by atoms with Gasteiger partial charge in [-0.1, -0.05) is 0 Å². The molecule has 1 saturated heterocycles. The van der Waals surface area contributed by atoms with Crippen molar-refractivity contribution in [3.05, 3.63) is 24.3 Å². The summed E-state index contributed by atoms with van der Waals surface area (Å²) in [6.45, 7) is 0.604. The molecule has 2 rings (SSSR count). The summed E-state index contributed by atoms with van der Waals surface area (Å²) in [6.07, 6.45) is 1.63. The monoisotopic (exact) mass is 254 g/mol. The molecule has 0 spiro atoms. The summed E-state index contributed by atoms with van der Waals surface area (Å²) < 4.78 is 22.5. The van der Waals surface area contributed by atoms with E-state index in [0.29, 0.717) is 17.9 Å². The van der Waals surface area contributed by atoms with Crippen LogP contribution in [0.2, 0.25) is 0 Å². The molecule has 0 aromatic heterocycles. The standard InChI is InChI=1S/C11H14N2O3S/c1-17(15,16)10-4-2-8(3-5-10)13-9-6-11(14)12-7-9/h2-5,9,13H,6-7H2,1H3,(H,12,14). The minimum Gasteiger partial charge on any atom is -0.380 e. The van der Waals surface area contributed by atoms with E-state index in [4.69, 9.17) is 0 Å². The topological polar surface area (TPSA) is 75.3 Å². The van der Waals surface area contributed by atoms with Crippen molar-refractivity contribution in [2.45, 2.75) is 17.4 Å². The quantitative estimate of drug-likeness (QED) is 0.818. The lowest BCUT2D eigenvalue weighted by atomic mass is 10.2. The number of sulfone groups is 1. The fourth-order valence-electron chi connectivity index (χ4n) is 1.74. The van der Waals surface area contributed by atoms with Gasteiger partial charge >= 0.3 is 0 Å². The zero-order valence-electron chi connectivity index (χ0n) is 9.43. The Morgan fingerprint density at radius 2 is 1.94 bits per heavy atom. The third-order valence-electron chi connectivity index (χ3n) is 2.63. The normalized spacial score (nSPS) is 20.1. The number of anilines is 1. The van der Waals surface area contributed by atoms with E-state index in [1.165, 1.54) is 6.26 Å². The largest absolute Gasteiger partial charge is 0.380 e. The van der Waals surface area contributed by atoms with Crippen LogP contribution in [-0.2, 0) is 14.6 Å². The maximum Gasteiger partial charge on any atom is 0.222 e. The van der Waals surface area contributed by atoms with Crippen molar-refractivity contribution >= 4 is 21.4 Å². The average molecular weight is 254 g/mol. The Kier molecular flexibility index (Phi) is 3.06. The molecule has 6 heteroatoms. The fourth-order valence-corrected chi connectivity index (χ4v) is 2.37. The highest BCUT2D eigenvalue weighted by atomic mass is 32.2. The number of hydrogen-bond donors (Lipinski definition) is 2. The van der Waals surface area contributed by atoms with Gasteiger partial charge in [0.1, 0.15) is 0 Å². The van der Waals surface area contributed by atoms with Crippen molar-refractivity contribution in [2.75, 3.05) is 18.1 Å². The van der Waals surface area contributed by atoms with Crippen molar-refractivity contribution in [1.82, 2.24) is 5.32 Å². The summed E-state index contributed by atoms with van der Waals surface area (Å²) in [6, 6.07) is 6.61. The van der Waals surface area contributed by atoms with E-state index >= 15 is 0 Å². The van der Waals surface area contributed by atoms with Crippen LogP contribution in [0.1, 0.15) is 6.42 Å².